The number of fused-ring (bicyclic) bond motifs is 1. The number of amides is 1. The molecule has 1 unspecified atom stereocenters. The zero-order valence-electron chi connectivity index (χ0n) is 18.1. The van der Waals surface area contributed by atoms with Gasteiger partial charge in [-0.3, -0.25) is 4.79 Å². The first-order chi connectivity index (χ1) is 15.1. The monoisotopic (exact) mass is 479 g/mol. The van der Waals surface area contributed by atoms with Crippen LogP contribution in [0.4, 0.5) is 5.00 Å². The molecule has 8 nitrogen and oxygen atoms in total. The standard InChI is InChI=1S/C22H25NO7S2/c1-4-29-22(26)19-16-10-5-13(2)11-17(16)31-20(19)23-18(24)12-30-21(25)14-6-8-15(9-7-14)32(3,27)28/h6-9,13H,4-5,10-12H2,1-3H3,(H,23,24). The van der Waals surface area contributed by atoms with Crippen molar-refractivity contribution in [2.75, 3.05) is 24.8 Å². The van der Waals surface area contributed by atoms with Gasteiger partial charge in [0.15, 0.2) is 16.4 Å². The van der Waals surface area contributed by atoms with Gasteiger partial charge in [0, 0.05) is 11.1 Å². The Bertz CT molecular complexity index is 1130. The van der Waals surface area contributed by atoms with E-state index < -0.39 is 34.3 Å². The maximum Gasteiger partial charge on any atom is 0.341 e. The molecule has 0 spiro atoms. The lowest BCUT2D eigenvalue weighted by Gasteiger charge is -2.18. The third-order valence-electron chi connectivity index (χ3n) is 5.10. The van der Waals surface area contributed by atoms with Crippen molar-refractivity contribution in [3.8, 4) is 0 Å². The van der Waals surface area contributed by atoms with Crippen LogP contribution in [0.3, 0.4) is 0 Å². The number of benzene rings is 1. The van der Waals surface area contributed by atoms with Crippen LogP contribution in [0, 0.1) is 5.92 Å². The van der Waals surface area contributed by atoms with E-state index in [-0.39, 0.29) is 17.1 Å². The van der Waals surface area contributed by atoms with Crippen molar-refractivity contribution in [1.82, 2.24) is 0 Å². The van der Waals surface area contributed by atoms with Crippen molar-refractivity contribution in [3.05, 3.63) is 45.8 Å². The fourth-order valence-electron chi connectivity index (χ4n) is 3.47. The van der Waals surface area contributed by atoms with Crippen molar-refractivity contribution >= 4 is 44.0 Å². The van der Waals surface area contributed by atoms with E-state index in [4.69, 9.17) is 9.47 Å². The number of carbonyl (C=O) groups is 3. The Morgan fingerprint density at radius 1 is 1.12 bits per heavy atom. The van der Waals surface area contributed by atoms with Gasteiger partial charge in [-0.2, -0.15) is 0 Å². The largest absolute Gasteiger partial charge is 0.462 e. The van der Waals surface area contributed by atoms with Gasteiger partial charge >= 0.3 is 11.9 Å². The molecule has 1 heterocycles. The molecule has 1 atom stereocenters. The summed E-state index contributed by atoms with van der Waals surface area (Å²) in [6.45, 7) is 3.54. The maximum atomic E-state index is 12.5. The molecule has 1 aliphatic rings. The smallest absolute Gasteiger partial charge is 0.341 e. The first-order valence-corrected chi connectivity index (χ1v) is 12.9. The Labute approximate surface area is 190 Å². The first kappa shape index (κ1) is 23.9. The van der Waals surface area contributed by atoms with Crippen molar-refractivity contribution in [1.29, 1.82) is 0 Å². The Kier molecular flexibility index (Phi) is 7.35. The second-order valence-electron chi connectivity index (χ2n) is 7.70. The maximum absolute atomic E-state index is 12.5. The summed E-state index contributed by atoms with van der Waals surface area (Å²) in [7, 11) is -3.38. The van der Waals surface area contributed by atoms with E-state index in [1.165, 1.54) is 35.6 Å². The van der Waals surface area contributed by atoms with Gasteiger partial charge in [0.2, 0.25) is 0 Å². The molecule has 1 aliphatic carbocycles. The fourth-order valence-corrected chi connectivity index (χ4v) is 5.52. The van der Waals surface area contributed by atoms with Crippen LogP contribution in [0.15, 0.2) is 29.2 Å². The molecule has 1 amide bonds. The molecule has 1 aromatic heterocycles. The predicted molar refractivity (Wildman–Crippen MR) is 120 cm³/mol. The minimum Gasteiger partial charge on any atom is -0.462 e. The van der Waals surface area contributed by atoms with Gasteiger partial charge in [-0.1, -0.05) is 6.92 Å². The molecular weight excluding hydrogens is 454 g/mol. The summed E-state index contributed by atoms with van der Waals surface area (Å²) >= 11 is 1.35. The molecule has 1 aromatic carbocycles. The highest BCUT2D eigenvalue weighted by Gasteiger charge is 2.29. The molecule has 0 aliphatic heterocycles. The number of hydrogen-bond donors (Lipinski definition) is 1. The summed E-state index contributed by atoms with van der Waals surface area (Å²) in [5.74, 6) is -1.32. The van der Waals surface area contributed by atoms with E-state index in [0.717, 1.165) is 36.0 Å². The number of carbonyl (C=O) groups excluding carboxylic acids is 3. The number of anilines is 1. The molecule has 3 rings (SSSR count). The molecule has 1 N–H and O–H groups in total. The van der Waals surface area contributed by atoms with Crippen LogP contribution in [0.1, 0.15) is 51.4 Å². The summed E-state index contributed by atoms with van der Waals surface area (Å²) in [6.07, 6.45) is 3.60. The minimum absolute atomic E-state index is 0.0780. The second kappa shape index (κ2) is 9.83. The van der Waals surface area contributed by atoms with Gasteiger partial charge in [0.1, 0.15) is 5.00 Å². The third kappa shape index (κ3) is 5.55. The van der Waals surface area contributed by atoms with E-state index >= 15 is 0 Å². The normalized spacial score (nSPS) is 15.5. The summed E-state index contributed by atoms with van der Waals surface area (Å²) in [5.41, 5.74) is 1.43. The Hall–Kier alpha value is -2.72. The molecule has 0 saturated heterocycles. The van der Waals surface area contributed by atoms with Crippen molar-refractivity contribution < 1.29 is 32.3 Å². The van der Waals surface area contributed by atoms with Gasteiger partial charge < -0.3 is 14.8 Å². The summed E-state index contributed by atoms with van der Waals surface area (Å²) < 4.78 is 33.2. The molecule has 0 fully saturated rings. The Morgan fingerprint density at radius 2 is 1.81 bits per heavy atom. The molecule has 0 radical (unpaired) electrons. The number of thiophene rings is 1. The van der Waals surface area contributed by atoms with Crippen LogP contribution in [-0.2, 0) is 36.9 Å². The lowest BCUT2D eigenvalue weighted by atomic mass is 9.88. The highest BCUT2D eigenvalue weighted by Crippen LogP contribution is 2.40. The first-order valence-electron chi connectivity index (χ1n) is 10.2. The molecule has 172 valence electrons. The van der Waals surface area contributed by atoms with Gasteiger partial charge in [0.25, 0.3) is 5.91 Å². The summed E-state index contributed by atoms with van der Waals surface area (Å²) in [6, 6.07) is 5.25. The highest BCUT2D eigenvalue weighted by molar-refractivity contribution is 7.90. The number of hydrogen-bond acceptors (Lipinski definition) is 8. The van der Waals surface area contributed by atoms with Crippen LogP contribution >= 0.6 is 11.3 Å². The number of ether oxygens (including phenoxy) is 2. The highest BCUT2D eigenvalue weighted by atomic mass is 32.2. The third-order valence-corrected chi connectivity index (χ3v) is 7.39. The molecule has 10 heteroatoms. The Balaban J connectivity index is 1.68. The van der Waals surface area contributed by atoms with Gasteiger partial charge in [-0.25, -0.2) is 18.0 Å². The summed E-state index contributed by atoms with van der Waals surface area (Å²) in [4.78, 5) is 38.3. The SMILES string of the molecule is CCOC(=O)c1c(NC(=O)COC(=O)c2ccc(S(C)(=O)=O)cc2)sc2c1CCC(C)C2. The van der Waals surface area contributed by atoms with Crippen LogP contribution in [0.5, 0.6) is 0 Å². The number of nitrogens with one attached hydrogen (secondary N) is 1. The van der Waals surface area contributed by atoms with E-state index in [1.54, 1.807) is 6.92 Å². The average Bonchev–Trinajstić information content (AvgIpc) is 3.08. The van der Waals surface area contributed by atoms with E-state index in [0.29, 0.717) is 16.5 Å². The lowest BCUT2D eigenvalue weighted by Crippen LogP contribution is -2.22. The van der Waals surface area contributed by atoms with Crippen molar-refractivity contribution in [2.45, 2.75) is 38.0 Å². The van der Waals surface area contributed by atoms with Crippen molar-refractivity contribution in [3.63, 3.8) is 0 Å². The number of esters is 2. The van der Waals surface area contributed by atoms with E-state index in [2.05, 4.69) is 12.2 Å². The Morgan fingerprint density at radius 3 is 2.44 bits per heavy atom. The molecule has 0 saturated carbocycles. The van der Waals surface area contributed by atoms with E-state index in [9.17, 15) is 22.8 Å². The molecule has 2 aromatic rings. The minimum atomic E-state index is -3.38. The topological polar surface area (TPSA) is 116 Å². The predicted octanol–water partition coefficient (Wildman–Crippen LogP) is 3.25. The van der Waals surface area contributed by atoms with Crippen LogP contribution < -0.4 is 5.32 Å². The second-order valence-corrected chi connectivity index (χ2v) is 10.8. The van der Waals surface area contributed by atoms with Crippen LogP contribution in [0.25, 0.3) is 0 Å². The average molecular weight is 480 g/mol. The van der Waals surface area contributed by atoms with Gasteiger partial charge in [-0.05, 0) is 61.9 Å². The lowest BCUT2D eigenvalue weighted by molar-refractivity contribution is -0.119. The molecule has 32 heavy (non-hydrogen) atoms. The molecular formula is C22H25NO7S2. The zero-order chi connectivity index (χ0) is 23.5. The van der Waals surface area contributed by atoms with Crippen molar-refractivity contribution in [2.24, 2.45) is 5.92 Å². The summed E-state index contributed by atoms with van der Waals surface area (Å²) in [5, 5.41) is 3.08. The van der Waals surface area contributed by atoms with E-state index in [1.807, 2.05) is 0 Å². The van der Waals surface area contributed by atoms with Gasteiger partial charge in [0.05, 0.1) is 22.6 Å². The number of sulfone groups is 1. The zero-order valence-corrected chi connectivity index (χ0v) is 19.7. The fraction of sp³-hybridized carbons (Fsp3) is 0.409. The van der Waals surface area contributed by atoms with Crippen LogP contribution in [0.2, 0.25) is 0 Å². The van der Waals surface area contributed by atoms with Gasteiger partial charge in [-0.15, -0.1) is 11.3 Å². The molecule has 0 bridgehead atoms. The van der Waals surface area contributed by atoms with Crippen LogP contribution in [-0.4, -0.2) is 45.7 Å². The number of rotatable bonds is 7. The quantitative estimate of drug-likeness (QED) is 0.606.